The Morgan fingerprint density at radius 1 is 1.23 bits per heavy atom. The standard InChI is InChI=1S/C10H18N2S/c1-10(2,7-3-4-7)12-9(13)11-8-5-6-8/h7-8H,3-6H2,1-2H3,(H2,11,12,13). The molecule has 0 aromatic heterocycles. The van der Waals surface area contributed by atoms with Crippen LogP contribution in [0, 0.1) is 5.92 Å². The molecule has 2 nitrogen and oxygen atoms in total. The van der Waals surface area contributed by atoms with Crippen LogP contribution in [0.3, 0.4) is 0 Å². The van der Waals surface area contributed by atoms with Crippen molar-refractivity contribution in [3.8, 4) is 0 Å². The summed E-state index contributed by atoms with van der Waals surface area (Å²) in [5, 5.41) is 7.57. The second-order valence-electron chi connectivity index (χ2n) is 4.87. The maximum atomic E-state index is 5.24. The zero-order chi connectivity index (χ0) is 9.47. The quantitative estimate of drug-likeness (QED) is 0.676. The monoisotopic (exact) mass is 198 g/mol. The molecule has 0 amide bonds. The van der Waals surface area contributed by atoms with Crippen LogP contribution in [0.4, 0.5) is 0 Å². The van der Waals surface area contributed by atoms with Gasteiger partial charge in [0.25, 0.3) is 0 Å². The predicted molar refractivity (Wildman–Crippen MR) is 58.7 cm³/mol. The molecule has 13 heavy (non-hydrogen) atoms. The van der Waals surface area contributed by atoms with Crippen LogP contribution in [0.2, 0.25) is 0 Å². The highest BCUT2D eigenvalue weighted by Gasteiger charge is 2.38. The molecule has 0 aromatic rings. The molecule has 0 unspecified atom stereocenters. The molecule has 2 aliphatic carbocycles. The number of hydrogen-bond acceptors (Lipinski definition) is 1. The molecule has 3 heteroatoms. The lowest BCUT2D eigenvalue weighted by Gasteiger charge is -2.28. The van der Waals surface area contributed by atoms with Gasteiger partial charge in [-0.1, -0.05) is 0 Å². The van der Waals surface area contributed by atoms with Crippen molar-refractivity contribution < 1.29 is 0 Å². The Bertz CT molecular complexity index is 217. The highest BCUT2D eigenvalue weighted by Crippen LogP contribution is 2.39. The third-order valence-corrected chi connectivity index (χ3v) is 3.17. The highest BCUT2D eigenvalue weighted by molar-refractivity contribution is 7.80. The molecule has 0 bridgehead atoms. The normalized spacial score (nSPS) is 22.6. The van der Waals surface area contributed by atoms with E-state index in [1.165, 1.54) is 25.7 Å². The smallest absolute Gasteiger partial charge is 0.166 e. The van der Waals surface area contributed by atoms with Gasteiger partial charge in [-0.15, -0.1) is 0 Å². The largest absolute Gasteiger partial charge is 0.360 e. The fourth-order valence-corrected chi connectivity index (χ4v) is 2.08. The van der Waals surface area contributed by atoms with E-state index in [9.17, 15) is 0 Å². The van der Waals surface area contributed by atoms with Crippen molar-refractivity contribution in [3.05, 3.63) is 0 Å². The molecular formula is C10H18N2S. The first-order valence-electron chi connectivity index (χ1n) is 5.16. The first-order chi connectivity index (χ1) is 6.08. The maximum Gasteiger partial charge on any atom is 0.166 e. The van der Waals surface area contributed by atoms with Gasteiger partial charge in [-0.05, 0) is 57.7 Å². The van der Waals surface area contributed by atoms with Crippen molar-refractivity contribution >= 4 is 17.3 Å². The molecule has 0 heterocycles. The van der Waals surface area contributed by atoms with Gasteiger partial charge in [0.15, 0.2) is 5.11 Å². The minimum Gasteiger partial charge on any atom is -0.360 e. The van der Waals surface area contributed by atoms with Crippen LogP contribution >= 0.6 is 12.2 Å². The minimum atomic E-state index is 0.193. The number of nitrogens with one attached hydrogen (secondary N) is 2. The fraction of sp³-hybridized carbons (Fsp3) is 0.900. The summed E-state index contributed by atoms with van der Waals surface area (Å²) < 4.78 is 0. The molecule has 2 N–H and O–H groups in total. The first kappa shape index (κ1) is 9.25. The van der Waals surface area contributed by atoms with Gasteiger partial charge in [0.1, 0.15) is 0 Å². The molecule has 0 saturated heterocycles. The van der Waals surface area contributed by atoms with E-state index in [-0.39, 0.29) is 5.54 Å². The molecule has 0 spiro atoms. The molecular weight excluding hydrogens is 180 g/mol. The Morgan fingerprint density at radius 3 is 2.31 bits per heavy atom. The van der Waals surface area contributed by atoms with Crippen LogP contribution in [-0.2, 0) is 0 Å². The van der Waals surface area contributed by atoms with Crippen molar-refractivity contribution in [1.82, 2.24) is 10.6 Å². The van der Waals surface area contributed by atoms with E-state index in [0.717, 1.165) is 11.0 Å². The van der Waals surface area contributed by atoms with Crippen molar-refractivity contribution in [2.45, 2.75) is 51.1 Å². The summed E-state index contributed by atoms with van der Waals surface area (Å²) in [5.41, 5.74) is 0.193. The summed E-state index contributed by atoms with van der Waals surface area (Å²) in [6, 6.07) is 0.662. The lowest BCUT2D eigenvalue weighted by molar-refractivity contribution is 0.399. The summed E-state index contributed by atoms with van der Waals surface area (Å²) >= 11 is 5.24. The lowest BCUT2D eigenvalue weighted by atomic mass is 9.99. The van der Waals surface area contributed by atoms with Gasteiger partial charge < -0.3 is 10.6 Å². The van der Waals surface area contributed by atoms with E-state index in [4.69, 9.17) is 12.2 Å². The average molecular weight is 198 g/mol. The number of rotatable bonds is 3. The second-order valence-corrected chi connectivity index (χ2v) is 5.28. The van der Waals surface area contributed by atoms with Crippen molar-refractivity contribution in [2.24, 2.45) is 5.92 Å². The van der Waals surface area contributed by atoms with Gasteiger partial charge in [0.2, 0.25) is 0 Å². The van der Waals surface area contributed by atoms with Crippen LogP contribution in [0.15, 0.2) is 0 Å². The van der Waals surface area contributed by atoms with Crippen LogP contribution in [0.25, 0.3) is 0 Å². The van der Waals surface area contributed by atoms with Crippen LogP contribution in [0.5, 0.6) is 0 Å². The molecule has 74 valence electrons. The molecule has 0 atom stereocenters. The molecule has 2 fully saturated rings. The van der Waals surface area contributed by atoms with Gasteiger partial charge in [0.05, 0.1) is 0 Å². The Hall–Kier alpha value is -0.310. The molecule has 2 aliphatic rings. The molecule has 0 aromatic carbocycles. The van der Waals surface area contributed by atoms with E-state index in [2.05, 4.69) is 24.5 Å². The van der Waals surface area contributed by atoms with Gasteiger partial charge >= 0.3 is 0 Å². The van der Waals surface area contributed by atoms with Gasteiger partial charge in [0, 0.05) is 11.6 Å². The van der Waals surface area contributed by atoms with E-state index in [1.807, 2.05) is 0 Å². The predicted octanol–water partition coefficient (Wildman–Crippen LogP) is 1.80. The van der Waals surface area contributed by atoms with Crippen LogP contribution < -0.4 is 10.6 Å². The van der Waals surface area contributed by atoms with E-state index < -0.39 is 0 Å². The minimum absolute atomic E-state index is 0.193. The molecule has 0 aliphatic heterocycles. The SMILES string of the molecule is CC(C)(NC(=S)NC1CC1)C1CC1. The van der Waals surface area contributed by atoms with Crippen molar-refractivity contribution in [1.29, 1.82) is 0 Å². The van der Waals surface area contributed by atoms with Crippen molar-refractivity contribution in [2.75, 3.05) is 0 Å². The maximum absolute atomic E-state index is 5.24. The summed E-state index contributed by atoms with van der Waals surface area (Å²) in [4.78, 5) is 0. The second kappa shape index (κ2) is 3.12. The van der Waals surface area contributed by atoms with Crippen LogP contribution in [-0.4, -0.2) is 16.7 Å². The third kappa shape index (κ3) is 2.56. The van der Waals surface area contributed by atoms with Gasteiger partial charge in [-0.25, -0.2) is 0 Å². The van der Waals surface area contributed by atoms with E-state index in [1.54, 1.807) is 0 Å². The number of hydrogen-bond donors (Lipinski definition) is 2. The summed E-state index contributed by atoms with van der Waals surface area (Å²) in [6.07, 6.45) is 5.27. The van der Waals surface area contributed by atoms with Gasteiger partial charge in [-0.3, -0.25) is 0 Å². The molecule has 2 saturated carbocycles. The van der Waals surface area contributed by atoms with E-state index >= 15 is 0 Å². The Kier molecular flexibility index (Phi) is 2.22. The van der Waals surface area contributed by atoms with E-state index in [0.29, 0.717) is 6.04 Å². The summed E-state index contributed by atoms with van der Waals surface area (Å²) in [7, 11) is 0. The van der Waals surface area contributed by atoms with Gasteiger partial charge in [-0.2, -0.15) is 0 Å². The van der Waals surface area contributed by atoms with Crippen LogP contribution in [0.1, 0.15) is 39.5 Å². The summed E-state index contributed by atoms with van der Waals surface area (Å²) in [6.45, 7) is 4.48. The molecule has 2 rings (SSSR count). The number of thiocarbonyl (C=S) groups is 1. The average Bonchev–Trinajstić information content (AvgIpc) is 2.81. The third-order valence-electron chi connectivity index (χ3n) is 2.95. The Morgan fingerprint density at radius 2 is 1.85 bits per heavy atom. The topological polar surface area (TPSA) is 24.1 Å². The zero-order valence-electron chi connectivity index (χ0n) is 8.39. The lowest BCUT2D eigenvalue weighted by Crippen LogP contribution is -2.50. The zero-order valence-corrected chi connectivity index (χ0v) is 9.21. The Balaban J connectivity index is 1.77. The summed E-state index contributed by atoms with van der Waals surface area (Å²) in [5.74, 6) is 0.825. The highest BCUT2D eigenvalue weighted by atomic mass is 32.1. The fourth-order valence-electron chi connectivity index (χ4n) is 1.65. The first-order valence-corrected chi connectivity index (χ1v) is 5.57. The van der Waals surface area contributed by atoms with Crippen molar-refractivity contribution in [3.63, 3.8) is 0 Å². The molecule has 0 radical (unpaired) electrons. The Labute approximate surface area is 85.5 Å².